The molecule has 1 atom stereocenters. The quantitative estimate of drug-likeness (QED) is 0.913. The zero-order valence-electron chi connectivity index (χ0n) is 11.4. The zero-order chi connectivity index (χ0) is 14.8. The molecule has 3 N–H and O–H groups in total. The summed E-state index contributed by atoms with van der Waals surface area (Å²) >= 11 is 7.36. The lowest BCUT2D eigenvalue weighted by Crippen LogP contribution is -2.27. The van der Waals surface area contributed by atoms with Gasteiger partial charge in [0.25, 0.3) is 0 Å². The molecule has 1 aromatic heterocycles. The summed E-state index contributed by atoms with van der Waals surface area (Å²) in [5, 5.41) is 4.22. The average Bonchev–Trinajstić information content (AvgIpc) is 2.82. The number of benzene rings is 1. The summed E-state index contributed by atoms with van der Waals surface area (Å²) < 4.78 is 0. The molecule has 1 aliphatic rings. The van der Waals surface area contributed by atoms with Crippen LogP contribution >= 0.6 is 22.9 Å². The van der Waals surface area contributed by atoms with Crippen LogP contribution in [0.2, 0.25) is 5.02 Å². The van der Waals surface area contributed by atoms with Crippen LogP contribution in [0, 0.1) is 0 Å². The fourth-order valence-electron chi connectivity index (χ4n) is 2.41. The van der Waals surface area contributed by atoms with Gasteiger partial charge in [0.15, 0.2) is 5.13 Å². The second kappa shape index (κ2) is 6.13. The summed E-state index contributed by atoms with van der Waals surface area (Å²) in [7, 11) is 0. The lowest BCUT2D eigenvalue weighted by molar-refractivity contribution is -0.115. The molecule has 0 spiro atoms. The molecule has 0 bridgehead atoms. The predicted molar refractivity (Wildman–Crippen MR) is 85.9 cm³/mol. The van der Waals surface area contributed by atoms with E-state index in [0.29, 0.717) is 16.6 Å². The largest absolute Gasteiger partial charge is 0.327 e. The van der Waals surface area contributed by atoms with Gasteiger partial charge in [0, 0.05) is 15.9 Å². The fraction of sp³-hybridized carbons (Fsp3) is 0.333. The van der Waals surface area contributed by atoms with Crippen LogP contribution in [0.3, 0.4) is 0 Å². The Bertz CT molecular complexity index is 653. The molecule has 1 aliphatic carbocycles. The standard InChI is InChI=1S/C15H16ClN3OS/c16-10-3-1-9(2-4-10)7-14(20)19-15-18-12-6-5-11(17)8-13(12)21-15/h1-4,11H,5-8,17H2,(H,18,19,20)/t11-/m0/s1. The molecule has 4 nitrogen and oxygen atoms in total. The van der Waals surface area contributed by atoms with E-state index < -0.39 is 0 Å². The number of fused-ring (bicyclic) bond motifs is 1. The molecule has 6 heteroatoms. The van der Waals surface area contributed by atoms with Crippen LogP contribution in [-0.2, 0) is 24.1 Å². The third-order valence-corrected chi connectivity index (χ3v) is 4.79. The molecule has 0 aliphatic heterocycles. The van der Waals surface area contributed by atoms with E-state index in [1.54, 1.807) is 12.1 Å². The first-order valence-corrected chi connectivity index (χ1v) is 8.08. The van der Waals surface area contributed by atoms with Gasteiger partial charge >= 0.3 is 0 Å². The Morgan fingerprint density at radius 1 is 1.43 bits per heavy atom. The molecule has 0 radical (unpaired) electrons. The smallest absolute Gasteiger partial charge is 0.230 e. The minimum Gasteiger partial charge on any atom is -0.327 e. The molecule has 0 saturated heterocycles. The molecule has 3 rings (SSSR count). The van der Waals surface area contributed by atoms with Gasteiger partial charge in [-0.3, -0.25) is 4.79 Å². The summed E-state index contributed by atoms with van der Waals surface area (Å²) in [5.74, 6) is -0.0623. The van der Waals surface area contributed by atoms with Gasteiger partial charge in [-0.05, 0) is 37.0 Å². The Kier molecular flexibility index (Phi) is 4.24. The molecular formula is C15H16ClN3OS. The number of nitrogens with two attached hydrogens (primary N) is 1. The highest BCUT2D eigenvalue weighted by atomic mass is 35.5. The SMILES string of the molecule is N[C@H]1CCc2nc(NC(=O)Cc3ccc(Cl)cc3)sc2C1. The minimum absolute atomic E-state index is 0.0623. The van der Waals surface area contributed by atoms with E-state index in [1.807, 2.05) is 12.1 Å². The van der Waals surface area contributed by atoms with Crippen molar-refractivity contribution >= 4 is 34.0 Å². The van der Waals surface area contributed by atoms with Gasteiger partial charge < -0.3 is 11.1 Å². The first kappa shape index (κ1) is 14.5. The number of carbonyl (C=O) groups excluding carboxylic acids is 1. The molecular weight excluding hydrogens is 306 g/mol. The number of hydrogen-bond donors (Lipinski definition) is 2. The lowest BCUT2D eigenvalue weighted by Gasteiger charge is -2.15. The number of thiazole rings is 1. The molecule has 0 unspecified atom stereocenters. The Balaban J connectivity index is 1.64. The normalized spacial score (nSPS) is 17.3. The van der Waals surface area contributed by atoms with Crippen LogP contribution in [0.15, 0.2) is 24.3 Å². The highest BCUT2D eigenvalue weighted by molar-refractivity contribution is 7.15. The van der Waals surface area contributed by atoms with Crippen molar-refractivity contribution < 1.29 is 4.79 Å². The number of anilines is 1. The Morgan fingerprint density at radius 3 is 2.95 bits per heavy atom. The number of carbonyl (C=O) groups is 1. The van der Waals surface area contributed by atoms with Crippen LogP contribution < -0.4 is 11.1 Å². The zero-order valence-corrected chi connectivity index (χ0v) is 13.0. The van der Waals surface area contributed by atoms with E-state index in [0.717, 1.165) is 30.5 Å². The van der Waals surface area contributed by atoms with E-state index >= 15 is 0 Å². The third kappa shape index (κ3) is 3.61. The summed E-state index contributed by atoms with van der Waals surface area (Å²) in [4.78, 5) is 17.7. The van der Waals surface area contributed by atoms with Crippen molar-refractivity contribution in [2.24, 2.45) is 5.73 Å². The van der Waals surface area contributed by atoms with Crippen LogP contribution in [-0.4, -0.2) is 16.9 Å². The van der Waals surface area contributed by atoms with Crippen molar-refractivity contribution in [2.45, 2.75) is 31.7 Å². The summed E-state index contributed by atoms with van der Waals surface area (Å²) in [6.07, 6.45) is 3.05. The van der Waals surface area contributed by atoms with Gasteiger partial charge in [-0.2, -0.15) is 0 Å². The highest BCUT2D eigenvalue weighted by Gasteiger charge is 2.20. The molecule has 2 aromatic rings. The second-order valence-electron chi connectivity index (χ2n) is 5.24. The van der Waals surface area contributed by atoms with Crippen molar-refractivity contribution in [1.29, 1.82) is 0 Å². The minimum atomic E-state index is -0.0623. The Labute approximate surface area is 132 Å². The number of aromatic nitrogens is 1. The second-order valence-corrected chi connectivity index (χ2v) is 6.76. The van der Waals surface area contributed by atoms with Crippen LogP contribution in [0.25, 0.3) is 0 Å². The fourth-order valence-corrected chi connectivity index (χ4v) is 3.65. The maximum Gasteiger partial charge on any atom is 0.230 e. The average molecular weight is 322 g/mol. The van der Waals surface area contributed by atoms with Crippen molar-refractivity contribution in [1.82, 2.24) is 4.98 Å². The number of nitrogens with one attached hydrogen (secondary N) is 1. The molecule has 1 heterocycles. The molecule has 21 heavy (non-hydrogen) atoms. The monoisotopic (exact) mass is 321 g/mol. The van der Waals surface area contributed by atoms with Gasteiger partial charge in [-0.15, -0.1) is 11.3 Å². The van der Waals surface area contributed by atoms with Gasteiger partial charge in [-0.1, -0.05) is 23.7 Å². The summed E-state index contributed by atoms with van der Waals surface area (Å²) in [6, 6.07) is 7.50. The molecule has 1 amide bonds. The van der Waals surface area contributed by atoms with E-state index in [2.05, 4.69) is 10.3 Å². The summed E-state index contributed by atoms with van der Waals surface area (Å²) in [5.41, 5.74) is 7.97. The van der Waals surface area contributed by atoms with E-state index in [-0.39, 0.29) is 11.9 Å². The van der Waals surface area contributed by atoms with Crippen LogP contribution in [0.5, 0.6) is 0 Å². The lowest BCUT2D eigenvalue weighted by atomic mass is 9.99. The number of hydrogen-bond acceptors (Lipinski definition) is 4. The Hall–Kier alpha value is -1.43. The van der Waals surface area contributed by atoms with Crippen molar-refractivity contribution in [3.8, 4) is 0 Å². The first-order valence-electron chi connectivity index (χ1n) is 6.88. The van der Waals surface area contributed by atoms with Crippen LogP contribution in [0.1, 0.15) is 22.6 Å². The maximum atomic E-state index is 12.0. The molecule has 0 fully saturated rings. The first-order chi connectivity index (χ1) is 10.1. The maximum absolute atomic E-state index is 12.0. The van der Waals surface area contributed by atoms with Crippen molar-refractivity contribution in [3.63, 3.8) is 0 Å². The number of rotatable bonds is 3. The number of nitrogens with zero attached hydrogens (tertiary/aromatic N) is 1. The number of halogens is 1. The van der Waals surface area contributed by atoms with Gasteiger partial charge in [0.2, 0.25) is 5.91 Å². The van der Waals surface area contributed by atoms with Gasteiger partial charge in [0.1, 0.15) is 0 Å². The predicted octanol–water partition coefficient (Wildman–Crippen LogP) is 2.79. The number of aryl methyl sites for hydroxylation is 1. The van der Waals surface area contributed by atoms with Crippen molar-refractivity contribution in [2.75, 3.05) is 5.32 Å². The highest BCUT2D eigenvalue weighted by Crippen LogP contribution is 2.29. The van der Waals surface area contributed by atoms with E-state index in [9.17, 15) is 4.79 Å². The Morgan fingerprint density at radius 2 is 2.19 bits per heavy atom. The third-order valence-electron chi connectivity index (χ3n) is 3.50. The van der Waals surface area contributed by atoms with Gasteiger partial charge in [-0.25, -0.2) is 4.98 Å². The molecule has 0 saturated carbocycles. The molecule has 110 valence electrons. The van der Waals surface area contributed by atoms with E-state index in [1.165, 1.54) is 16.2 Å². The molecule has 1 aromatic carbocycles. The van der Waals surface area contributed by atoms with Crippen LogP contribution in [0.4, 0.5) is 5.13 Å². The topological polar surface area (TPSA) is 68.0 Å². The summed E-state index contributed by atoms with van der Waals surface area (Å²) in [6.45, 7) is 0. The van der Waals surface area contributed by atoms with Crippen molar-refractivity contribution in [3.05, 3.63) is 45.4 Å². The van der Waals surface area contributed by atoms with E-state index in [4.69, 9.17) is 17.3 Å². The number of amides is 1. The van der Waals surface area contributed by atoms with Gasteiger partial charge in [0.05, 0.1) is 12.1 Å².